The second-order valence-electron chi connectivity index (χ2n) is 5.63. The fraction of sp³-hybridized carbons (Fsp3) is 0.188. The van der Waals surface area contributed by atoms with Crippen LogP contribution < -0.4 is 9.03 Å². The van der Waals surface area contributed by atoms with Gasteiger partial charge in [-0.05, 0) is 35.9 Å². The van der Waals surface area contributed by atoms with Gasteiger partial charge in [0.1, 0.15) is 0 Å². The van der Waals surface area contributed by atoms with E-state index in [9.17, 15) is 21.6 Å². The fourth-order valence-electron chi connectivity index (χ4n) is 2.53. The van der Waals surface area contributed by atoms with Crippen LogP contribution in [0.15, 0.2) is 53.4 Å². The molecule has 0 saturated carbocycles. The number of benzene rings is 2. The van der Waals surface area contributed by atoms with Crippen LogP contribution in [0.3, 0.4) is 0 Å². The van der Waals surface area contributed by atoms with Gasteiger partial charge in [-0.3, -0.25) is 4.79 Å². The third-order valence-electron chi connectivity index (χ3n) is 3.87. The Kier molecular flexibility index (Phi) is 5.07. The average Bonchev–Trinajstić information content (AvgIpc) is 2.87. The number of anilines is 1. The van der Waals surface area contributed by atoms with Crippen molar-refractivity contribution in [3.63, 3.8) is 0 Å². The minimum Gasteiger partial charge on any atom is -0.273 e. The van der Waals surface area contributed by atoms with Crippen molar-refractivity contribution in [2.45, 2.75) is 17.9 Å². The number of hydrogen-bond acceptors (Lipinski definition) is 5. The molecule has 7 nitrogen and oxygen atoms in total. The van der Waals surface area contributed by atoms with E-state index in [4.69, 9.17) is 11.6 Å². The van der Waals surface area contributed by atoms with Crippen LogP contribution in [0.2, 0.25) is 5.02 Å². The Morgan fingerprint density at radius 3 is 2.31 bits per heavy atom. The number of carbonyl (C=O) groups excluding carboxylic acids is 1. The lowest BCUT2D eigenvalue weighted by atomic mass is 10.2. The summed E-state index contributed by atoms with van der Waals surface area (Å²) in [7, 11) is -7.50. The molecule has 0 bridgehead atoms. The predicted molar refractivity (Wildman–Crippen MR) is 97.8 cm³/mol. The third kappa shape index (κ3) is 3.75. The summed E-state index contributed by atoms with van der Waals surface area (Å²) in [5.41, 5.74) is 0.751. The van der Waals surface area contributed by atoms with Gasteiger partial charge in [0.2, 0.25) is 26.0 Å². The summed E-state index contributed by atoms with van der Waals surface area (Å²) in [5.74, 6) is -0.775. The Labute approximate surface area is 156 Å². The minimum atomic E-state index is -3.82. The molecule has 1 aliphatic heterocycles. The molecule has 1 aliphatic rings. The van der Waals surface area contributed by atoms with Gasteiger partial charge in [-0.1, -0.05) is 29.8 Å². The summed E-state index contributed by atoms with van der Waals surface area (Å²) in [6, 6.07) is 12.0. The van der Waals surface area contributed by atoms with Gasteiger partial charge in [-0.15, -0.1) is 0 Å². The van der Waals surface area contributed by atoms with E-state index in [1.165, 1.54) is 24.3 Å². The lowest BCUT2D eigenvalue weighted by Crippen LogP contribution is -2.29. The molecule has 1 amide bonds. The molecule has 2 aromatic rings. The summed E-state index contributed by atoms with van der Waals surface area (Å²) in [5, 5.41) is 0.448. The Balaban J connectivity index is 1.79. The van der Waals surface area contributed by atoms with E-state index >= 15 is 0 Å². The molecule has 0 aromatic heterocycles. The molecular weight excluding hydrogens is 400 g/mol. The Morgan fingerprint density at radius 2 is 1.73 bits per heavy atom. The highest BCUT2D eigenvalue weighted by Gasteiger charge is 2.36. The predicted octanol–water partition coefficient (Wildman–Crippen LogP) is 1.88. The number of hydrogen-bond donors (Lipinski definition) is 1. The molecular formula is C16H15ClN2O5S2. The zero-order valence-electron chi connectivity index (χ0n) is 13.4. The lowest BCUT2D eigenvalue weighted by molar-refractivity contribution is -0.116. The van der Waals surface area contributed by atoms with Crippen LogP contribution in [0, 0.1) is 0 Å². The summed E-state index contributed by atoms with van der Waals surface area (Å²) in [6.45, 7) is 0.0166. The van der Waals surface area contributed by atoms with Gasteiger partial charge in [0.05, 0.1) is 16.3 Å². The molecule has 1 heterocycles. The zero-order valence-corrected chi connectivity index (χ0v) is 15.8. The van der Waals surface area contributed by atoms with Crippen molar-refractivity contribution in [2.75, 3.05) is 10.1 Å². The van der Waals surface area contributed by atoms with E-state index in [1.807, 2.05) is 0 Å². The summed E-state index contributed by atoms with van der Waals surface area (Å²) in [4.78, 5) is 11.7. The van der Waals surface area contributed by atoms with Crippen molar-refractivity contribution in [1.82, 2.24) is 4.72 Å². The molecule has 138 valence electrons. The Bertz CT molecular complexity index is 1050. The van der Waals surface area contributed by atoms with E-state index in [0.717, 1.165) is 0 Å². The smallest absolute Gasteiger partial charge is 0.242 e. The number of sulfonamides is 2. The van der Waals surface area contributed by atoms with Crippen molar-refractivity contribution < 1.29 is 21.6 Å². The average molecular weight is 415 g/mol. The number of amides is 1. The van der Waals surface area contributed by atoms with E-state index < -0.39 is 26.0 Å². The number of carbonyl (C=O) groups is 1. The van der Waals surface area contributed by atoms with Crippen molar-refractivity contribution in [2.24, 2.45) is 0 Å². The Morgan fingerprint density at radius 1 is 1.08 bits per heavy atom. The topological polar surface area (TPSA) is 101 Å². The van der Waals surface area contributed by atoms with Crippen molar-refractivity contribution in [3.05, 3.63) is 59.1 Å². The van der Waals surface area contributed by atoms with Gasteiger partial charge in [-0.25, -0.2) is 25.9 Å². The highest BCUT2D eigenvalue weighted by Crippen LogP contribution is 2.26. The third-order valence-corrected chi connectivity index (χ3v) is 7.35. The molecule has 3 rings (SSSR count). The van der Waals surface area contributed by atoms with Gasteiger partial charge in [0.15, 0.2) is 0 Å². The van der Waals surface area contributed by atoms with Gasteiger partial charge in [-0.2, -0.15) is 0 Å². The number of nitrogens with one attached hydrogen (secondary N) is 1. The first-order valence-corrected chi connectivity index (χ1v) is 11.1. The largest absolute Gasteiger partial charge is 0.273 e. The first kappa shape index (κ1) is 18.8. The second-order valence-corrected chi connectivity index (χ2v) is 9.75. The maximum absolute atomic E-state index is 12.4. The van der Waals surface area contributed by atoms with Crippen LogP contribution in [-0.2, 0) is 31.4 Å². The Hall–Kier alpha value is -1.94. The van der Waals surface area contributed by atoms with E-state index in [2.05, 4.69) is 4.72 Å². The molecule has 1 saturated heterocycles. The maximum Gasteiger partial charge on any atom is 0.242 e. The molecule has 0 aliphatic carbocycles. The van der Waals surface area contributed by atoms with Gasteiger partial charge in [0.25, 0.3) is 0 Å². The fourth-order valence-corrected chi connectivity index (χ4v) is 5.20. The summed E-state index contributed by atoms with van der Waals surface area (Å²) in [6.07, 6.45) is -0.0816. The molecule has 0 spiro atoms. The number of halogens is 1. The molecule has 0 atom stereocenters. The van der Waals surface area contributed by atoms with Gasteiger partial charge >= 0.3 is 0 Å². The standard InChI is InChI=1S/C16H15ClN2O5S2/c17-15-4-2-1-3-12(15)11-18-26(23,24)14-7-5-13(6-8-14)19-16(20)9-10-25(19,21)22/h1-8,18H,9-11H2. The first-order chi connectivity index (χ1) is 12.2. The highest BCUT2D eigenvalue weighted by molar-refractivity contribution is 7.94. The van der Waals surface area contributed by atoms with Crippen molar-refractivity contribution in [1.29, 1.82) is 0 Å². The van der Waals surface area contributed by atoms with E-state index in [0.29, 0.717) is 14.9 Å². The minimum absolute atomic E-state index is 0.0166. The summed E-state index contributed by atoms with van der Waals surface area (Å²) >= 11 is 6.00. The molecule has 26 heavy (non-hydrogen) atoms. The molecule has 1 N–H and O–H groups in total. The van der Waals surface area contributed by atoms with Crippen molar-refractivity contribution in [3.8, 4) is 0 Å². The van der Waals surface area contributed by atoms with Crippen LogP contribution >= 0.6 is 11.6 Å². The molecule has 0 unspecified atom stereocenters. The van der Waals surface area contributed by atoms with Crippen LogP contribution in [0.4, 0.5) is 5.69 Å². The van der Waals surface area contributed by atoms with Crippen LogP contribution in [0.5, 0.6) is 0 Å². The normalized spacial score (nSPS) is 16.8. The van der Waals surface area contributed by atoms with E-state index in [-0.39, 0.29) is 29.3 Å². The second kappa shape index (κ2) is 6.99. The molecule has 10 heteroatoms. The number of rotatable bonds is 5. The monoisotopic (exact) mass is 414 g/mol. The molecule has 1 fully saturated rings. The molecule has 0 radical (unpaired) electrons. The molecule has 2 aromatic carbocycles. The lowest BCUT2D eigenvalue weighted by Gasteiger charge is -2.15. The maximum atomic E-state index is 12.4. The summed E-state index contributed by atoms with van der Waals surface area (Å²) < 4.78 is 51.7. The quantitative estimate of drug-likeness (QED) is 0.805. The van der Waals surface area contributed by atoms with Crippen molar-refractivity contribution >= 4 is 43.2 Å². The van der Waals surface area contributed by atoms with Crippen LogP contribution in [0.25, 0.3) is 0 Å². The SMILES string of the molecule is O=C1CCS(=O)(=O)N1c1ccc(S(=O)(=O)NCc2ccccc2Cl)cc1. The van der Waals surface area contributed by atoms with E-state index in [1.54, 1.807) is 24.3 Å². The van der Waals surface area contributed by atoms with Crippen LogP contribution in [0.1, 0.15) is 12.0 Å². The zero-order chi connectivity index (χ0) is 18.9. The number of nitrogens with zero attached hydrogens (tertiary/aromatic N) is 1. The highest BCUT2D eigenvalue weighted by atomic mass is 35.5. The van der Waals surface area contributed by atoms with Crippen LogP contribution in [-0.4, -0.2) is 28.5 Å². The van der Waals surface area contributed by atoms with Gasteiger partial charge < -0.3 is 0 Å². The van der Waals surface area contributed by atoms with Gasteiger partial charge in [0, 0.05) is 18.0 Å². The first-order valence-electron chi connectivity index (χ1n) is 7.60.